The highest BCUT2D eigenvalue weighted by atomic mass is 16.6. The number of amides is 2. The number of nitrogens with zero attached hydrogens (tertiary/aromatic N) is 2. The molecular weight excluding hydrogens is 448 g/mol. The highest BCUT2D eigenvalue weighted by Gasteiger charge is 2.79. The van der Waals surface area contributed by atoms with Gasteiger partial charge in [0.15, 0.2) is 0 Å². The van der Waals surface area contributed by atoms with E-state index in [9.17, 15) is 19.5 Å². The average molecular weight is 491 g/mol. The van der Waals surface area contributed by atoms with Gasteiger partial charge in [0.25, 0.3) is 0 Å². The first-order chi connectivity index (χ1) is 16.4. The summed E-state index contributed by atoms with van der Waals surface area (Å²) < 4.78 is 12.2. The van der Waals surface area contributed by atoms with Crippen LogP contribution in [0.2, 0.25) is 0 Å². The first-order valence-electron chi connectivity index (χ1n) is 12.8. The summed E-state index contributed by atoms with van der Waals surface area (Å²) in [6.45, 7) is 17.3. The minimum absolute atomic E-state index is 0.239. The topological polar surface area (TPSA) is 96.4 Å². The van der Waals surface area contributed by atoms with Crippen molar-refractivity contribution in [1.29, 1.82) is 0 Å². The molecule has 0 aliphatic carbocycles. The van der Waals surface area contributed by atoms with E-state index in [0.29, 0.717) is 32.2 Å². The van der Waals surface area contributed by atoms with Crippen molar-refractivity contribution in [3.8, 4) is 0 Å². The third-order valence-electron chi connectivity index (χ3n) is 7.96. The van der Waals surface area contributed by atoms with Gasteiger partial charge < -0.3 is 24.4 Å². The number of aliphatic hydroxyl groups is 1. The second-order valence-electron chi connectivity index (χ2n) is 11.2. The molecule has 2 bridgehead atoms. The molecule has 2 unspecified atom stereocenters. The van der Waals surface area contributed by atoms with Gasteiger partial charge in [0.1, 0.15) is 17.6 Å². The Morgan fingerprint density at radius 1 is 1.31 bits per heavy atom. The van der Waals surface area contributed by atoms with Crippen LogP contribution in [0.3, 0.4) is 0 Å². The number of hydrogen-bond donors (Lipinski definition) is 1. The van der Waals surface area contributed by atoms with Crippen LogP contribution in [0.25, 0.3) is 0 Å². The number of ether oxygens (including phenoxy) is 2. The lowest BCUT2D eigenvalue weighted by atomic mass is 9.66. The maximum Gasteiger partial charge on any atom is 0.312 e. The van der Waals surface area contributed by atoms with E-state index in [0.717, 1.165) is 6.42 Å². The molecule has 3 saturated heterocycles. The zero-order valence-electron chi connectivity index (χ0n) is 21.9. The third kappa shape index (κ3) is 4.44. The molecule has 3 rings (SSSR count). The normalized spacial score (nSPS) is 32.3. The molecule has 0 saturated carbocycles. The van der Waals surface area contributed by atoms with Crippen LogP contribution in [-0.4, -0.2) is 81.3 Å². The Hall–Kier alpha value is -2.19. The van der Waals surface area contributed by atoms with Gasteiger partial charge in [-0.2, -0.15) is 0 Å². The largest absolute Gasteiger partial charge is 0.465 e. The summed E-state index contributed by atoms with van der Waals surface area (Å²) in [7, 11) is 0. The first kappa shape index (κ1) is 27.4. The molecule has 0 aromatic rings. The fourth-order valence-electron chi connectivity index (χ4n) is 6.27. The molecular formula is C27H42N2O6. The average Bonchev–Trinajstić information content (AvgIpc) is 3.36. The number of allylic oxidation sites excluding steroid dienone is 1. The van der Waals surface area contributed by atoms with E-state index in [-0.39, 0.29) is 25.0 Å². The molecule has 8 heteroatoms. The Kier molecular flexibility index (Phi) is 7.87. The number of carbonyl (C=O) groups excluding carboxylic acids is 3. The van der Waals surface area contributed by atoms with E-state index in [1.165, 1.54) is 4.90 Å². The number of carbonyl (C=O) groups is 3. The highest BCUT2D eigenvalue weighted by molar-refractivity contribution is 5.99. The Balaban J connectivity index is 2.06. The number of hydrogen-bond acceptors (Lipinski definition) is 6. The number of unbranched alkanes of at least 4 members (excludes halogenated alkanes) is 1. The van der Waals surface area contributed by atoms with Gasteiger partial charge in [0.2, 0.25) is 11.8 Å². The van der Waals surface area contributed by atoms with E-state index in [4.69, 9.17) is 9.47 Å². The van der Waals surface area contributed by atoms with Crippen molar-refractivity contribution in [3.05, 3.63) is 25.3 Å². The van der Waals surface area contributed by atoms with Crippen LogP contribution in [0.1, 0.15) is 66.7 Å². The smallest absolute Gasteiger partial charge is 0.312 e. The molecule has 3 aliphatic heterocycles. The lowest BCUT2D eigenvalue weighted by Crippen LogP contribution is -2.61. The van der Waals surface area contributed by atoms with Crippen LogP contribution in [0.15, 0.2) is 25.3 Å². The van der Waals surface area contributed by atoms with Crippen molar-refractivity contribution in [2.75, 3.05) is 19.8 Å². The van der Waals surface area contributed by atoms with Crippen molar-refractivity contribution in [1.82, 2.24) is 9.80 Å². The molecule has 3 heterocycles. The minimum Gasteiger partial charge on any atom is -0.465 e. The van der Waals surface area contributed by atoms with Gasteiger partial charge in [-0.25, -0.2) is 0 Å². The maximum absolute atomic E-state index is 14.2. The molecule has 0 aromatic carbocycles. The van der Waals surface area contributed by atoms with E-state index >= 15 is 0 Å². The predicted octanol–water partition coefficient (Wildman–Crippen LogP) is 2.84. The standard InChI is InChI=1S/C27H42N2O6/c1-8-11-12-16-34-24(33)20-19-22(31)29(18(10-3)17-30)21(27(19)14-13-26(20,7)35-27)23(32)28(15-9-2)25(4,5)6/h8-9,18-21,30H,1-2,10-17H2,3-7H3/t18-,19-,20+,21?,26-,27?/m0/s1. The fraction of sp³-hybridized carbons (Fsp3) is 0.741. The lowest BCUT2D eigenvalue weighted by molar-refractivity contribution is -0.163. The molecule has 3 fully saturated rings. The zero-order chi connectivity index (χ0) is 26.2. The van der Waals surface area contributed by atoms with Crippen LogP contribution in [0.5, 0.6) is 0 Å². The Bertz CT molecular complexity index is 862. The Labute approximate surface area is 209 Å². The van der Waals surface area contributed by atoms with Gasteiger partial charge >= 0.3 is 5.97 Å². The van der Waals surface area contributed by atoms with Crippen molar-refractivity contribution in [2.45, 2.75) is 95.5 Å². The number of aliphatic hydroxyl groups excluding tert-OH is 1. The number of fused-ring (bicyclic) bond motifs is 1. The predicted molar refractivity (Wildman–Crippen MR) is 132 cm³/mol. The molecule has 0 aromatic heterocycles. The molecule has 196 valence electrons. The van der Waals surface area contributed by atoms with E-state index in [2.05, 4.69) is 13.2 Å². The van der Waals surface area contributed by atoms with Crippen molar-refractivity contribution >= 4 is 17.8 Å². The first-order valence-corrected chi connectivity index (χ1v) is 12.8. The zero-order valence-corrected chi connectivity index (χ0v) is 21.9. The van der Waals surface area contributed by atoms with Gasteiger partial charge in [-0.3, -0.25) is 14.4 Å². The molecule has 3 aliphatic rings. The van der Waals surface area contributed by atoms with Crippen molar-refractivity contribution in [3.63, 3.8) is 0 Å². The second kappa shape index (κ2) is 10.1. The van der Waals surface area contributed by atoms with Gasteiger partial charge in [-0.15, -0.1) is 13.2 Å². The van der Waals surface area contributed by atoms with E-state index in [1.54, 1.807) is 17.1 Å². The summed E-state index contributed by atoms with van der Waals surface area (Å²) in [5.41, 5.74) is -2.55. The molecule has 6 atom stereocenters. The van der Waals surface area contributed by atoms with Crippen LogP contribution in [0.4, 0.5) is 0 Å². The quantitative estimate of drug-likeness (QED) is 0.272. The highest BCUT2D eigenvalue weighted by Crippen LogP contribution is 2.63. The van der Waals surface area contributed by atoms with Crippen LogP contribution < -0.4 is 0 Å². The maximum atomic E-state index is 14.2. The summed E-state index contributed by atoms with van der Waals surface area (Å²) in [6.07, 6.45) is 6.32. The molecule has 2 amide bonds. The van der Waals surface area contributed by atoms with E-state index < -0.39 is 46.6 Å². The summed E-state index contributed by atoms with van der Waals surface area (Å²) in [6, 6.07) is -1.49. The number of rotatable bonds is 11. The Morgan fingerprint density at radius 2 is 2.00 bits per heavy atom. The second-order valence-corrected chi connectivity index (χ2v) is 11.2. The molecule has 0 radical (unpaired) electrons. The summed E-state index contributed by atoms with van der Waals surface area (Å²) >= 11 is 0. The van der Waals surface area contributed by atoms with Crippen molar-refractivity contribution < 1.29 is 29.0 Å². The van der Waals surface area contributed by atoms with Crippen LogP contribution in [0, 0.1) is 11.8 Å². The SMILES string of the molecule is C=CCCCOC(=O)[C@H]1[C@H]2C(=O)N([C@@H](CC)CO)C(C(=O)N(CC=C)C(C)(C)C)C23CC[C@]1(C)O3. The van der Waals surface area contributed by atoms with Gasteiger partial charge in [-0.05, 0) is 59.8 Å². The van der Waals surface area contributed by atoms with Crippen LogP contribution in [-0.2, 0) is 23.9 Å². The van der Waals surface area contributed by atoms with Crippen molar-refractivity contribution in [2.24, 2.45) is 11.8 Å². The summed E-state index contributed by atoms with van der Waals surface area (Å²) in [5, 5.41) is 10.2. The third-order valence-corrected chi connectivity index (χ3v) is 7.96. The fourth-order valence-corrected chi connectivity index (χ4v) is 6.27. The molecule has 35 heavy (non-hydrogen) atoms. The minimum atomic E-state index is -1.14. The van der Waals surface area contributed by atoms with Gasteiger partial charge in [-0.1, -0.05) is 19.1 Å². The van der Waals surface area contributed by atoms with Gasteiger partial charge in [0, 0.05) is 12.1 Å². The van der Waals surface area contributed by atoms with Gasteiger partial charge in [0.05, 0.1) is 30.8 Å². The molecule has 8 nitrogen and oxygen atoms in total. The molecule has 1 spiro atoms. The summed E-state index contributed by atoms with van der Waals surface area (Å²) in [4.78, 5) is 44.8. The number of esters is 1. The van der Waals surface area contributed by atoms with E-state index in [1.807, 2.05) is 34.6 Å². The Morgan fingerprint density at radius 3 is 2.54 bits per heavy atom. The van der Waals surface area contributed by atoms with Crippen LogP contribution >= 0.6 is 0 Å². The summed E-state index contributed by atoms with van der Waals surface area (Å²) in [5.74, 6) is -2.64. The monoisotopic (exact) mass is 490 g/mol. The number of likely N-dealkylation sites (tertiary alicyclic amines) is 1. The molecule has 1 N–H and O–H groups in total. The lowest BCUT2D eigenvalue weighted by Gasteiger charge is -2.43.